The number of carbonyl (C=O) groups is 2. The van der Waals surface area contributed by atoms with Gasteiger partial charge in [0.15, 0.2) is 17.5 Å². The second kappa shape index (κ2) is 8.55. The topological polar surface area (TPSA) is 46.6 Å². The summed E-state index contributed by atoms with van der Waals surface area (Å²) in [5, 5.41) is 0. The molecule has 1 rings (SSSR count). The van der Waals surface area contributed by atoms with Crippen molar-refractivity contribution in [3.63, 3.8) is 0 Å². The highest BCUT2D eigenvalue weighted by Gasteiger charge is 2.24. The van der Waals surface area contributed by atoms with Crippen LogP contribution in [0.4, 0.5) is 13.2 Å². The van der Waals surface area contributed by atoms with Gasteiger partial charge in [0.05, 0.1) is 18.6 Å². The third-order valence-electron chi connectivity index (χ3n) is 3.03. The van der Waals surface area contributed by atoms with E-state index in [1.54, 1.807) is 6.92 Å². The largest absolute Gasteiger partial charge is 0.466 e. The van der Waals surface area contributed by atoms with E-state index in [1.807, 2.05) is 13.8 Å². The fourth-order valence-corrected chi connectivity index (χ4v) is 2.04. The van der Waals surface area contributed by atoms with Gasteiger partial charge < -0.3 is 9.64 Å². The van der Waals surface area contributed by atoms with Gasteiger partial charge in [0.1, 0.15) is 0 Å². The zero-order valence-corrected chi connectivity index (χ0v) is 13.4. The number of ether oxygens (including phenoxy) is 1. The zero-order chi connectivity index (χ0) is 17.6. The number of carbonyl (C=O) groups excluding carboxylic acids is 2. The summed E-state index contributed by atoms with van der Waals surface area (Å²) in [6, 6.07) is 1.60. The Bertz CT molecular complexity index is 576. The molecule has 1 aromatic rings. The molecular formula is C16H20F3NO3. The highest BCUT2D eigenvalue weighted by Crippen LogP contribution is 2.18. The van der Waals surface area contributed by atoms with E-state index in [0.717, 1.165) is 6.07 Å². The summed E-state index contributed by atoms with van der Waals surface area (Å²) >= 11 is 0. The van der Waals surface area contributed by atoms with E-state index in [9.17, 15) is 22.8 Å². The van der Waals surface area contributed by atoms with Gasteiger partial charge in [0.2, 0.25) is 0 Å². The van der Waals surface area contributed by atoms with E-state index in [-0.39, 0.29) is 32.0 Å². The van der Waals surface area contributed by atoms with Crippen LogP contribution in [-0.2, 0) is 9.53 Å². The molecule has 0 N–H and O–H groups in total. The second-order valence-electron chi connectivity index (χ2n) is 5.42. The van der Waals surface area contributed by atoms with Crippen LogP contribution in [0.5, 0.6) is 0 Å². The Labute approximate surface area is 133 Å². The lowest BCUT2D eigenvalue weighted by Crippen LogP contribution is -2.36. The summed E-state index contributed by atoms with van der Waals surface area (Å²) in [4.78, 5) is 25.0. The molecule has 1 aromatic carbocycles. The Morgan fingerprint density at radius 1 is 1.17 bits per heavy atom. The van der Waals surface area contributed by atoms with Crippen LogP contribution < -0.4 is 0 Å². The molecular weight excluding hydrogens is 311 g/mol. The molecule has 0 aliphatic carbocycles. The van der Waals surface area contributed by atoms with Crippen molar-refractivity contribution in [2.75, 3.05) is 19.7 Å². The number of halogens is 3. The van der Waals surface area contributed by atoms with Crippen LogP contribution in [0.25, 0.3) is 0 Å². The normalized spacial score (nSPS) is 10.7. The lowest BCUT2D eigenvalue weighted by atomic mass is 10.1. The summed E-state index contributed by atoms with van der Waals surface area (Å²) in [6.07, 6.45) is -0.0579. The molecule has 0 atom stereocenters. The molecule has 0 aliphatic rings. The number of benzene rings is 1. The molecule has 0 radical (unpaired) electrons. The number of hydrogen-bond acceptors (Lipinski definition) is 3. The third kappa shape index (κ3) is 5.26. The minimum absolute atomic E-state index is 0.00822. The van der Waals surface area contributed by atoms with Crippen LogP contribution in [0.2, 0.25) is 0 Å². The molecule has 4 nitrogen and oxygen atoms in total. The van der Waals surface area contributed by atoms with E-state index >= 15 is 0 Å². The number of esters is 1. The van der Waals surface area contributed by atoms with E-state index < -0.39 is 34.9 Å². The van der Waals surface area contributed by atoms with Gasteiger partial charge in [-0.15, -0.1) is 0 Å². The van der Waals surface area contributed by atoms with Crippen molar-refractivity contribution < 1.29 is 27.5 Å². The van der Waals surface area contributed by atoms with Crippen molar-refractivity contribution >= 4 is 11.9 Å². The Kier molecular flexibility index (Phi) is 7.06. The highest BCUT2D eigenvalue weighted by molar-refractivity contribution is 5.94. The van der Waals surface area contributed by atoms with Crippen molar-refractivity contribution in [1.29, 1.82) is 0 Å². The van der Waals surface area contributed by atoms with Crippen LogP contribution in [-0.4, -0.2) is 36.5 Å². The maximum atomic E-state index is 13.8. The molecule has 0 unspecified atom stereocenters. The van der Waals surface area contributed by atoms with E-state index in [2.05, 4.69) is 0 Å². The first kappa shape index (κ1) is 19.0. The number of nitrogens with zero attached hydrogens (tertiary/aromatic N) is 1. The lowest BCUT2D eigenvalue weighted by molar-refractivity contribution is -0.143. The minimum atomic E-state index is -1.69. The summed E-state index contributed by atoms with van der Waals surface area (Å²) in [5.74, 6) is -5.81. The molecule has 128 valence electrons. The van der Waals surface area contributed by atoms with E-state index in [4.69, 9.17) is 4.74 Å². The van der Waals surface area contributed by atoms with Gasteiger partial charge in [0.25, 0.3) is 5.91 Å². The van der Waals surface area contributed by atoms with Crippen molar-refractivity contribution in [2.24, 2.45) is 5.92 Å². The van der Waals surface area contributed by atoms with Crippen molar-refractivity contribution in [3.05, 3.63) is 35.1 Å². The molecule has 0 spiro atoms. The lowest BCUT2D eigenvalue weighted by Gasteiger charge is -2.24. The summed E-state index contributed by atoms with van der Waals surface area (Å²) in [7, 11) is 0. The minimum Gasteiger partial charge on any atom is -0.466 e. The fraction of sp³-hybridized carbons (Fsp3) is 0.500. The van der Waals surface area contributed by atoms with Gasteiger partial charge in [-0.2, -0.15) is 0 Å². The molecule has 23 heavy (non-hydrogen) atoms. The Hall–Kier alpha value is -2.05. The quantitative estimate of drug-likeness (QED) is 0.569. The zero-order valence-electron chi connectivity index (χ0n) is 13.4. The molecule has 0 aliphatic heterocycles. The maximum absolute atomic E-state index is 13.8. The Balaban J connectivity index is 2.95. The molecule has 0 saturated heterocycles. The molecule has 0 fully saturated rings. The molecule has 0 saturated carbocycles. The number of rotatable bonds is 7. The number of hydrogen-bond donors (Lipinski definition) is 0. The van der Waals surface area contributed by atoms with Gasteiger partial charge >= 0.3 is 5.97 Å². The van der Waals surface area contributed by atoms with Crippen molar-refractivity contribution in [2.45, 2.75) is 27.2 Å². The Morgan fingerprint density at radius 3 is 2.39 bits per heavy atom. The van der Waals surface area contributed by atoms with Crippen LogP contribution >= 0.6 is 0 Å². The first-order chi connectivity index (χ1) is 10.8. The third-order valence-corrected chi connectivity index (χ3v) is 3.03. The smallest absolute Gasteiger partial charge is 0.307 e. The predicted molar refractivity (Wildman–Crippen MR) is 78.3 cm³/mol. The molecule has 0 aromatic heterocycles. The van der Waals surface area contributed by atoms with Crippen molar-refractivity contribution in [1.82, 2.24) is 4.90 Å². The number of amides is 1. The summed E-state index contributed by atoms with van der Waals surface area (Å²) in [5.41, 5.74) is -0.562. The second-order valence-corrected chi connectivity index (χ2v) is 5.42. The molecule has 0 heterocycles. The molecule has 7 heteroatoms. The fourth-order valence-electron chi connectivity index (χ4n) is 2.04. The van der Waals surface area contributed by atoms with Crippen LogP contribution in [0, 0.1) is 23.4 Å². The van der Waals surface area contributed by atoms with Gasteiger partial charge in [-0.05, 0) is 25.0 Å². The Morgan fingerprint density at radius 2 is 1.83 bits per heavy atom. The predicted octanol–water partition coefficient (Wildman–Crippen LogP) is 3.16. The standard InChI is InChI=1S/C16H20F3NO3/c1-4-23-13(21)7-8-20(9-10(2)3)16(22)11-5-6-12(17)15(19)14(11)18/h5-6,10H,4,7-9H2,1-3H3. The molecule has 0 bridgehead atoms. The van der Waals surface area contributed by atoms with Crippen LogP contribution in [0.15, 0.2) is 12.1 Å². The van der Waals surface area contributed by atoms with Crippen molar-refractivity contribution in [3.8, 4) is 0 Å². The monoisotopic (exact) mass is 331 g/mol. The highest BCUT2D eigenvalue weighted by atomic mass is 19.2. The van der Waals surface area contributed by atoms with Crippen LogP contribution in [0.1, 0.15) is 37.6 Å². The first-order valence-corrected chi connectivity index (χ1v) is 7.36. The van der Waals surface area contributed by atoms with Gasteiger partial charge in [0, 0.05) is 13.1 Å². The average molecular weight is 331 g/mol. The van der Waals surface area contributed by atoms with Gasteiger partial charge in [-0.25, -0.2) is 13.2 Å². The van der Waals surface area contributed by atoms with Gasteiger partial charge in [-0.3, -0.25) is 9.59 Å². The summed E-state index contributed by atoms with van der Waals surface area (Å²) < 4.78 is 44.8. The summed E-state index contributed by atoms with van der Waals surface area (Å²) in [6.45, 7) is 5.81. The maximum Gasteiger partial charge on any atom is 0.307 e. The molecule has 1 amide bonds. The van der Waals surface area contributed by atoms with Crippen LogP contribution in [0.3, 0.4) is 0 Å². The SMILES string of the molecule is CCOC(=O)CCN(CC(C)C)C(=O)c1ccc(F)c(F)c1F. The van der Waals surface area contributed by atoms with E-state index in [0.29, 0.717) is 6.07 Å². The first-order valence-electron chi connectivity index (χ1n) is 7.36. The average Bonchev–Trinajstić information content (AvgIpc) is 2.48. The van der Waals surface area contributed by atoms with Gasteiger partial charge in [-0.1, -0.05) is 13.8 Å². The van der Waals surface area contributed by atoms with E-state index in [1.165, 1.54) is 4.90 Å².